The summed E-state index contributed by atoms with van der Waals surface area (Å²) >= 11 is 5.75. The zero-order valence-electron chi connectivity index (χ0n) is 11.1. The van der Waals surface area contributed by atoms with Crippen molar-refractivity contribution in [2.24, 2.45) is 0 Å². The number of aromatic nitrogens is 3. The Kier molecular flexibility index (Phi) is 4.08. The maximum atomic E-state index is 12.0. The first kappa shape index (κ1) is 14.8. The number of rotatable bonds is 3. The number of carbonyl (C=O) groups excluding carboxylic acids is 1. The lowest BCUT2D eigenvalue weighted by Crippen LogP contribution is -2.15. The molecule has 0 fully saturated rings. The van der Waals surface area contributed by atoms with Gasteiger partial charge in [0.2, 0.25) is 5.95 Å². The minimum absolute atomic E-state index is 0.0533. The molecule has 1 amide bonds. The van der Waals surface area contributed by atoms with Crippen LogP contribution in [0.2, 0.25) is 5.02 Å². The first-order valence-corrected chi connectivity index (χ1v) is 6.19. The number of anilines is 1. The van der Waals surface area contributed by atoms with Crippen molar-refractivity contribution < 1.29 is 9.72 Å². The van der Waals surface area contributed by atoms with Crippen LogP contribution in [0.25, 0.3) is 0 Å². The molecule has 0 unspecified atom stereocenters. The third-order valence-electron chi connectivity index (χ3n) is 2.72. The minimum Gasteiger partial charge on any atom is -0.289 e. The molecule has 1 aromatic heterocycles. The van der Waals surface area contributed by atoms with Gasteiger partial charge in [-0.15, -0.1) is 5.10 Å². The topological polar surface area (TPSA) is 111 Å². The molecule has 0 aliphatic rings. The third kappa shape index (κ3) is 3.29. The molecule has 0 spiro atoms. The van der Waals surface area contributed by atoms with E-state index in [4.69, 9.17) is 11.6 Å². The summed E-state index contributed by atoms with van der Waals surface area (Å²) in [7, 11) is 0. The molecule has 0 saturated heterocycles. The average Bonchev–Trinajstić information content (AvgIpc) is 2.42. The number of nitro groups is 1. The summed E-state index contributed by atoms with van der Waals surface area (Å²) in [5, 5.41) is 20.6. The molecule has 0 aliphatic carbocycles. The Morgan fingerprint density at radius 3 is 2.57 bits per heavy atom. The van der Waals surface area contributed by atoms with Crippen molar-refractivity contribution in [3.05, 3.63) is 50.3 Å². The van der Waals surface area contributed by atoms with Crippen LogP contribution >= 0.6 is 11.6 Å². The van der Waals surface area contributed by atoms with Crippen molar-refractivity contribution in [1.82, 2.24) is 15.2 Å². The van der Waals surface area contributed by atoms with Crippen molar-refractivity contribution in [2.75, 3.05) is 5.32 Å². The summed E-state index contributed by atoms with van der Waals surface area (Å²) in [5.74, 6) is -0.477. The van der Waals surface area contributed by atoms with E-state index in [9.17, 15) is 14.9 Å². The van der Waals surface area contributed by atoms with E-state index in [2.05, 4.69) is 20.5 Å². The second-order valence-corrected chi connectivity index (χ2v) is 4.59. The van der Waals surface area contributed by atoms with Crippen LogP contribution in [0.5, 0.6) is 0 Å². The number of hydrogen-bond acceptors (Lipinski definition) is 6. The van der Waals surface area contributed by atoms with E-state index in [1.165, 1.54) is 12.1 Å². The van der Waals surface area contributed by atoms with E-state index in [1.54, 1.807) is 13.8 Å². The van der Waals surface area contributed by atoms with Crippen LogP contribution in [-0.4, -0.2) is 26.0 Å². The molecule has 2 rings (SSSR count). The molecule has 21 heavy (non-hydrogen) atoms. The first-order valence-electron chi connectivity index (χ1n) is 5.81. The Labute approximate surface area is 124 Å². The van der Waals surface area contributed by atoms with E-state index in [0.29, 0.717) is 11.4 Å². The lowest BCUT2D eigenvalue weighted by Gasteiger charge is -2.05. The summed E-state index contributed by atoms with van der Waals surface area (Å²) in [5.41, 5.74) is 1.19. The highest BCUT2D eigenvalue weighted by atomic mass is 35.5. The number of nitrogens with one attached hydrogen (secondary N) is 1. The maximum Gasteiger partial charge on any atom is 0.287 e. The highest BCUT2D eigenvalue weighted by molar-refractivity contribution is 6.33. The lowest BCUT2D eigenvalue weighted by molar-refractivity contribution is -0.384. The summed E-state index contributed by atoms with van der Waals surface area (Å²) in [6, 6.07) is 3.67. The standard InChI is InChI=1S/C12H10ClN5O3/c1-6-7(2)16-17-12(14-6)15-11(19)8-3-4-10(18(20)21)9(13)5-8/h3-5H,1-2H3,(H,14,15,17,19). The van der Waals surface area contributed by atoms with Crippen LogP contribution < -0.4 is 5.32 Å². The van der Waals surface area contributed by atoms with Crippen LogP contribution in [0, 0.1) is 24.0 Å². The molecule has 0 saturated carbocycles. The van der Waals surface area contributed by atoms with Gasteiger partial charge < -0.3 is 0 Å². The van der Waals surface area contributed by atoms with Gasteiger partial charge in [-0.2, -0.15) is 5.10 Å². The number of nitrogens with zero attached hydrogens (tertiary/aromatic N) is 4. The zero-order valence-corrected chi connectivity index (χ0v) is 11.9. The van der Waals surface area contributed by atoms with Gasteiger partial charge in [0.25, 0.3) is 11.6 Å². The highest BCUT2D eigenvalue weighted by Gasteiger charge is 2.16. The number of halogens is 1. The lowest BCUT2D eigenvalue weighted by atomic mass is 10.2. The molecular weight excluding hydrogens is 298 g/mol. The van der Waals surface area contributed by atoms with Crippen molar-refractivity contribution >= 4 is 29.1 Å². The number of nitro benzene ring substituents is 1. The van der Waals surface area contributed by atoms with E-state index < -0.39 is 10.8 Å². The fourth-order valence-corrected chi connectivity index (χ4v) is 1.73. The summed E-state index contributed by atoms with van der Waals surface area (Å²) in [6.45, 7) is 3.49. The molecule has 0 atom stereocenters. The number of aryl methyl sites for hydroxylation is 2. The first-order chi connectivity index (χ1) is 9.88. The molecule has 1 N–H and O–H groups in total. The van der Waals surface area contributed by atoms with Gasteiger partial charge in [0.05, 0.1) is 16.3 Å². The summed E-state index contributed by atoms with van der Waals surface area (Å²) < 4.78 is 0. The number of amides is 1. The van der Waals surface area contributed by atoms with Gasteiger partial charge in [0.1, 0.15) is 5.02 Å². The Balaban J connectivity index is 2.22. The van der Waals surface area contributed by atoms with Crippen molar-refractivity contribution in [3.8, 4) is 0 Å². The molecule has 1 heterocycles. The molecule has 9 heteroatoms. The maximum absolute atomic E-state index is 12.0. The van der Waals surface area contributed by atoms with E-state index in [-0.39, 0.29) is 22.2 Å². The number of benzene rings is 1. The van der Waals surface area contributed by atoms with Crippen molar-refractivity contribution in [1.29, 1.82) is 0 Å². The minimum atomic E-state index is -0.625. The fraction of sp³-hybridized carbons (Fsp3) is 0.167. The van der Waals surface area contributed by atoms with Crippen LogP contribution in [-0.2, 0) is 0 Å². The van der Waals surface area contributed by atoms with Gasteiger partial charge in [-0.1, -0.05) is 11.6 Å². The largest absolute Gasteiger partial charge is 0.289 e. The normalized spacial score (nSPS) is 10.2. The van der Waals surface area contributed by atoms with E-state index >= 15 is 0 Å². The van der Waals surface area contributed by atoms with Crippen LogP contribution in [0.15, 0.2) is 18.2 Å². The zero-order chi connectivity index (χ0) is 15.6. The Morgan fingerprint density at radius 1 is 1.29 bits per heavy atom. The smallest absolute Gasteiger partial charge is 0.287 e. The molecular formula is C12H10ClN5O3. The van der Waals surface area contributed by atoms with Crippen LogP contribution in [0.3, 0.4) is 0 Å². The summed E-state index contributed by atoms with van der Waals surface area (Å²) in [4.78, 5) is 26.1. The second kappa shape index (κ2) is 5.80. The Morgan fingerprint density at radius 2 is 2.00 bits per heavy atom. The van der Waals surface area contributed by atoms with Crippen molar-refractivity contribution in [2.45, 2.75) is 13.8 Å². The van der Waals surface area contributed by atoms with Gasteiger partial charge in [0, 0.05) is 11.6 Å². The molecule has 0 radical (unpaired) electrons. The van der Waals surface area contributed by atoms with Gasteiger partial charge in [0.15, 0.2) is 0 Å². The molecule has 8 nitrogen and oxygen atoms in total. The molecule has 0 bridgehead atoms. The number of hydrogen-bond donors (Lipinski definition) is 1. The SMILES string of the molecule is Cc1nnc(NC(=O)c2ccc([N+](=O)[O-])c(Cl)c2)nc1C. The molecule has 108 valence electrons. The van der Waals surface area contributed by atoms with Gasteiger partial charge in [-0.3, -0.25) is 20.2 Å². The predicted octanol–water partition coefficient (Wildman–Crippen LogP) is 2.30. The van der Waals surface area contributed by atoms with Gasteiger partial charge in [-0.25, -0.2) is 4.98 Å². The Hall–Kier alpha value is -2.61. The fourth-order valence-electron chi connectivity index (χ4n) is 1.48. The van der Waals surface area contributed by atoms with E-state index in [0.717, 1.165) is 6.07 Å². The van der Waals surface area contributed by atoms with Crippen molar-refractivity contribution in [3.63, 3.8) is 0 Å². The molecule has 2 aromatic rings. The summed E-state index contributed by atoms with van der Waals surface area (Å²) in [6.07, 6.45) is 0. The van der Waals surface area contributed by atoms with Gasteiger partial charge in [-0.05, 0) is 26.0 Å². The second-order valence-electron chi connectivity index (χ2n) is 4.18. The van der Waals surface area contributed by atoms with Crippen LogP contribution in [0.1, 0.15) is 21.7 Å². The quantitative estimate of drug-likeness (QED) is 0.688. The average molecular weight is 308 g/mol. The predicted molar refractivity (Wildman–Crippen MR) is 75.4 cm³/mol. The molecule has 1 aromatic carbocycles. The Bertz CT molecular complexity index is 735. The van der Waals surface area contributed by atoms with E-state index in [1.807, 2.05) is 0 Å². The monoisotopic (exact) mass is 307 g/mol. The third-order valence-corrected chi connectivity index (χ3v) is 3.03. The van der Waals surface area contributed by atoms with Crippen LogP contribution in [0.4, 0.5) is 11.6 Å². The number of carbonyl (C=O) groups is 1. The van der Waals surface area contributed by atoms with Gasteiger partial charge >= 0.3 is 0 Å². The molecule has 0 aliphatic heterocycles. The highest BCUT2D eigenvalue weighted by Crippen LogP contribution is 2.25.